The molecule has 1 aliphatic heterocycles. The van der Waals surface area contributed by atoms with Gasteiger partial charge in [-0.05, 0) is 12.3 Å². The molecule has 0 spiro atoms. The van der Waals surface area contributed by atoms with Crippen molar-refractivity contribution in [2.24, 2.45) is 5.92 Å². The molecule has 0 fully saturated rings. The molecule has 2 aromatic rings. The van der Waals surface area contributed by atoms with Crippen molar-refractivity contribution in [2.45, 2.75) is 39.5 Å². The van der Waals surface area contributed by atoms with E-state index in [4.69, 9.17) is 11.6 Å². The maximum Gasteiger partial charge on any atom is 0.451 e. The number of hydrogen-bond donors (Lipinski definition) is 0. The SMILES string of the molecule is CC(C)Cc1sc(Cl)nc1C(=O)N1CCn2c(nnc2C(F)(F)F)C1. The molecule has 136 valence electrons. The Morgan fingerprint density at radius 2 is 2.04 bits per heavy atom. The Bertz CT molecular complexity index is 801. The summed E-state index contributed by atoms with van der Waals surface area (Å²) in [6, 6.07) is 0. The third-order valence-electron chi connectivity index (χ3n) is 3.76. The van der Waals surface area contributed by atoms with E-state index < -0.39 is 12.0 Å². The monoisotopic (exact) mass is 393 g/mol. The highest BCUT2D eigenvalue weighted by atomic mass is 35.5. The van der Waals surface area contributed by atoms with Gasteiger partial charge in [0.15, 0.2) is 10.3 Å². The molecule has 0 unspecified atom stereocenters. The second kappa shape index (κ2) is 6.56. The van der Waals surface area contributed by atoms with Crippen molar-refractivity contribution in [3.63, 3.8) is 0 Å². The minimum Gasteiger partial charge on any atom is -0.328 e. The first-order valence-electron chi connectivity index (χ1n) is 7.60. The molecule has 0 radical (unpaired) electrons. The van der Waals surface area contributed by atoms with Crippen molar-refractivity contribution in [1.29, 1.82) is 0 Å². The summed E-state index contributed by atoms with van der Waals surface area (Å²) in [5.41, 5.74) is 0.271. The number of carbonyl (C=O) groups is 1. The second-order valence-electron chi connectivity index (χ2n) is 6.15. The molecule has 0 atom stereocenters. The number of aromatic nitrogens is 4. The van der Waals surface area contributed by atoms with E-state index in [2.05, 4.69) is 15.2 Å². The van der Waals surface area contributed by atoms with E-state index >= 15 is 0 Å². The van der Waals surface area contributed by atoms with E-state index in [0.717, 1.165) is 9.44 Å². The van der Waals surface area contributed by atoms with Crippen molar-refractivity contribution in [2.75, 3.05) is 6.54 Å². The summed E-state index contributed by atoms with van der Waals surface area (Å²) < 4.78 is 39.9. The first kappa shape index (κ1) is 18.1. The molecule has 0 bridgehead atoms. The minimum absolute atomic E-state index is 0.0136. The quantitative estimate of drug-likeness (QED) is 0.803. The molecule has 11 heteroatoms. The van der Waals surface area contributed by atoms with Gasteiger partial charge in [0.05, 0.1) is 6.54 Å². The van der Waals surface area contributed by atoms with Crippen molar-refractivity contribution < 1.29 is 18.0 Å². The Labute approximate surface area is 150 Å². The van der Waals surface area contributed by atoms with Crippen LogP contribution in [0.25, 0.3) is 0 Å². The van der Waals surface area contributed by atoms with E-state index in [1.165, 1.54) is 16.2 Å². The molecule has 3 rings (SSSR count). The zero-order chi connectivity index (χ0) is 18.4. The number of alkyl halides is 3. The van der Waals surface area contributed by atoms with Gasteiger partial charge in [-0.2, -0.15) is 13.2 Å². The van der Waals surface area contributed by atoms with Crippen LogP contribution in [-0.2, 0) is 25.7 Å². The summed E-state index contributed by atoms with van der Waals surface area (Å²) in [5, 5.41) is 6.79. The predicted molar refractivity (Wildman–Crippen MR) is 85.4 cm³/mol. The van der Waals surface area contributed by atoms with Gasteiger partial charge in [0, 0.05) is 18.0 Å². The Morgan fingerprint density at radius 3 is 2.68 bits per heavy atom. The van der Waals surface area contributed by atoms with E-state index in [0.29, 0.717) is 12.3 Å². The number of carbonyl (C=O) groups excluding carboxylic acids is 1. The summed E-state index contributed by atoms with van der Waals surface area (Å²) in [5.74, 6) is -0.950. The normalized spacial score (nSPS) is 14.9. The number of amides is 1. The standard InChI is InChI=1S/C14H15ClF3N5OS/c1-7(2)5-8-10(19-13(15)25-8)11(24)22-3-4-23-9(6-22)20-21-12(23)14(16,17)18/h7H,3-6H2,1-2H3. The first-order valence-corrected chi connectivity index (χ1v) is 8.80. The van der Waals surface area contributed by atoms with E-state index in [-0.39, 0.29) is 41.5 Å². The van der Waals surface area contributed by atoms with Gasteiger partial charge in [-0.15, -0.1) is 21.5 Å². The van der Waals surface area contributed by atoms with Crippen molar-refractivity contribution in [3.8, 4) is 0 Å². The van der Waals surface area contributed by atoms with Gasteiger partial charge in [-0.25, -0.2) is 4.98 Å². The van der Waals surface area contributed by atoms with Crippen LogP contribution in [0.4, 0.5) is 13.2 Å². The van der Waals surface area contributed by atoms with Gasteiger partial charge < -0.3 is 9.47 Å². The van der Waals surface area contributed by atoms with Crippen LogP contribution in [-0.4, -0.2) is 37.1 Å². The van der Waals surface area contributed by atoms with Crippen molar-refractivity contribution in [3.05, 3.63) is 26.7 Å². The zero-order valence-corrected chi connectivity index (χ0v) is 15.0. The summed E-state index contributed by atoms with van der Waals surface area (Å²) in [6.45, 7) is 4.11. The van der Waals surface area contributed by atoms with Crippen LogP contribution in [0.15, 0.2) is 0 Å². The predicted octanol–water partition coefficient (Wildman–Crippen LogP) is 3.26. The largest absolute Gasteiger partial charge is 0.451 e. The molecule has 0 N–H and O–H groups in total. The lowest BCUT2D eigenvalue weighted by atomic mass is 10.1. The number of hydrogen-bond acceptors (Lipinski definition) is 5. The Hall–Kier alpha value is -1.68. The van der Waals surface area contributed by atoms with E-state index in [9.17, 15) is 18.0 Å². The second-order valence-corrected chi connectivity index (χ2v) is 7.82. The van der Waals surface area contributed by atoms with Crippen molar-refractivity contribution >= 4 is 28.8 Å². The lowest BCUT2D eigenvalue weighted by molar-refractivity contribution is -0.147. The fraction of sp³-hybridized carbons (Fsp3) is 0.571. The van der Waals surface area contributed by atoms with Gasteiger partial charge in [0.2, 0.25) is 5.82 Å². The summed E-state index contributed by atoms with van der Waals surface area (Å²) in [4.78, 5) is 19.1. The Kier molecular flexibility index (Phi) is 4.76. The van der Waals surface area contributed by atoms with Crippen LogP contribution in [0.1, 0.15) is 40.9 Å². The highest BCUT2D eigenvalue weighted by Gasteiger charge is 2.40. The van der Waals surface area contributed by atoms with Gasteiger partial charge in [-0.1, -0.05) is 25.4 Å². The molecule has 1 amide bonds. The molecule has 0 saturated carbocycles. The molecule has 0 aromatic carbocycles. The molecule has 1 aliphatic rings. The molecule has 3 heterocycles. The van der Waals surface area contributed by atoms with E-state index in [1.807, 2.05) is 13.8 Å². The van der Waals surface area contributed by atoms with Crippen LogP contribution in [0.2, 0.25) is 4.47 Å². The van der Waals surface area contributed by atoms with Gasteiger partial charge >= 0.3 is 6.18 Å². The molecule has 0 saturated heterocycles. The molecule has 6 nitrogen and oxygen atoms in total. The number of halogens is 4. The Balaban J connectivity index is 1.83. The third-order valence-corrected chi connectivity index (χ3v) is 4.94. The van der Waals surface area contributed by atoms with Gasteiger partial charge in [0.25, 0.3) is 5.91 Å². The first-order chi connectivity index (χ1) is 11.7. The van der Waals surface area contributed by atoms with Crippen LogP contribution < -0.4 is 0 Å². The minimum atomic E-state index is -4.57. The van der Waals surface area contributed by atoms with E-state index in [1.54, 1.807) is 0 Å². The number of nitrogens with zero attached hydrogens (tertiary/aromatic N) is 5. The van der Waals surface area contributed by atoms with Crippen LogP contribution >= 0.6 is 22.9 Å². The lowest BCUT2D eigenvalue weighted by Gasteiger charge is -2.27. The molecule has 2 aromatic heterocycles. The summed E-state index contributed by atoms with van der Waals surface area (Å²) in [6.07, 6.45) is -3.90. The number of fused-ring (bicyclic) bond motifs is 1. The highest BCUT2D eigenvalue weighted by Crippen LogP contribution is 2.31. The average molecular weight is 394 g/mol. The molecular formula is C14H15ClF3N5OS. The van der Waals surface area contributed by atoms with Crippen LogP contribution in [0.5, 0.6) is 0 Å². The van der Waals surface area contributed by atoms with Crippen LogP contribution in [0, 0.1) is 5.92 Å². The van der Waals surface area contributed by atoms with Gasteiger partial charge in [-0.3, -0.25) is 4.79 Å². The third kappa shape index (κ3) is 3.64. The highest BCUT2D eigenvalue weighted by molar-refractivity contribution is 7.16. The average Bonchev–Trinajstić information content (AvgIpc) is 3.08. The smallest absolute Gasteiger partial charge is 0.328 e. The number of thiazole rings is 1. The van der Waals surface area contributed by atoms with Crippen LogP contribution in [0.3, 0.4) is 0 Å². The zero-order valence-electron chi connectivity index (χ0n) is 13.5. The lowest BCUT2D eigenvalue weighted by Crippen LogP contribution is -2.39. The summed E-state index contributed by atoms with van der Waals surface area (Å²) in [7, 11) is 0. The number of rotatable bonds is 3. The fourth-order valence-electron chi connectivity index (χ4n) is 2.69. The molecule has 0 aliphatic carbocycles. The Morgan fingerprint density at radius 1 is 1.32 bits per heavy atom. The van der Waals surface area contributed by atoms with Crippen molar-refractivity contribution in [1.82, 2.24) is 24.6 Å². The summed E-state index contributed by atoms with van der Waals surface area (Å²) >= 11 is 7.20. The van der Waals surface area contributed by atoms with Gasteiger partial charge in [0.1, 0.15) is 5.69 Å². The maximum absolute atomic E-state index is 12.9. The molecular weight excluding hydrogens is 379 g/mol. The fourth-order valence-corrected chi connectivity index (χ4v) is 4.04. The maximum atomic E-state index is 12.9. The topological polar surface area (TPSA) is 63.9 Å². The molecule has 25 heavy (non-hydrogen) atoms.